The Kier molecular flexibility index (Phi) is 4.37. The third-order valence-electron chi connectivity index (χ3n) is 3.21. The van der Waals surface area contributed by atoms with E-state index in [0.717, 1.165) is 12.8 Å². The monoisotopic (exact) mass is 271 g/mol. The first kappa shape index (κ1) is 13.5. The Morgan fingerprint density at radius 2 is 2.44 bits per heavy atom. The van der Waals surface area contributed by atoms with E-state index in [2.05, 4.69) is 5.10 Å². The van der Waals surface area contributed by atoms with Crippen molar-refractivity contribution < 1.29 is 9.53 Å². The molecule has 0 bridgehead atoms. The first-order valence-corrected chi connectivity index (χ1v) is 6.50. The Hall–Kier alpha value is -0.910. The lowest BCUT2D eigenvalue weighted by molar-refractivity contribution is 0.0957. The smallest absolute Gasteiger partial charge is 0.183 e. The quantitative estimate of drug-likeness (QED) is 0.763. The summed E-state index contributed by atoms with van der Waals surface area (Å²) in [6.07, 6.45) is 4.09. The summed E-state index contributed by atoms with van der Waals surface area (Å²) in [5.41, 5.74) is 6.42. The molecular weight excluding hydrogens is 254 g/mol. The van der Waals surface area contributed by atoms with Crippen molar-refractivity contribution in [1.29, 1.82) is 0 Å². The molecule has 100 valence electrons. The van der Waals surface area contributed by atoms with E-state index in [9.17, 15) is 4.79 Å². The second-order valence-corrected chi connectivity index (χ2v) is 5.09. The van der Waals surface area contributed by atoms with Gasteiger partial charge in [-0.1, -0.05) is 11.6 Å². The van der Waals surface area contributed by atoms with Gasteiger partial charge in [-0.05, 0) is 18.8 Å². The number of Topliss-reactive ketones (excluding diaryl/α,β-unsaturated/α-hetero) is 1. The van der Waals surface area contributed by atoms with Crippen LogP contribution in [0.25, 0.3) is 0 Å². The van der Waals surface area contributed by atoms with Gasteiger partial charge in [0.1, 0.15) is 5.69 Å². The Bertz CT molecular complexity index is 429. The second-order valence-electron chi connectivity index (χ2n) is 4.69. The largest absolute Gasteiger partial charge is 0.383 e. The van der Waals surface area contributed by atoms with Crippen LogP contribution < -0.4 is 5.73 Å². The fourth-order valence-electron chi connectivity index (χ4n) is 1.99. The van der Waals surface area contributed by atoms with Gasteiger partial charge < -0.3 is 10.5 Å². The van der Waals surface area contributed by atoms with Crippen molar-refractivity contribution >= 4 is 17.4 Å². The summed E-state index contributed by atoms with van der Waals surface area (Å²) in [6.45, 7) is 1.01. The maximum atomic E-state index is 12.2. The van der Waals surface area contributed by atoms with Crippen LogP contribution in [0.2, 0.25) is 5.02 Å². The molecule has 0 radical (unpaired) electrons. The average molecular weight is 272 g/mol. The van der Waals surface area contributed by atoms with E-state index in [1.54, 1.807) is 11.8 Å². The van der Waals surface area contributed by atoms with E-state index < -0.39 is 0 Å². The van der Waals surface area contributed by atoms with Crippen LogP contribution in [0, 0.1) is 5.92 Å². The first-order chi connectivity index (χ1) is 8.63. The highest BCUT2D eigenvalue weighted by Gasteiger charge is 2.31. The maximum Gasteiger partial charge on any atom is 0.183 e. The molecule has 1 aliphatic carbocycles. The number of carbonyl (C=O) groups is 1. The van der Waals surface area contributed by atoms with E-state index in [1.165, 1.54) is 6.20 Å². The number of ketones is 1. The Morgan fingerprint density at radius 1 is 1.72 bits per heavy atom. The van der Waals surface area contributed by atoms with Crippen molar-refractivity contribution in [3.05, 3.63) is 16.9 Å². The van der Waals surface area contributed by atoms with E-state index in [0.29, 0.717) is 36.2 Å². The van der Waals surface area contributed by atoms with E-state index in [4.69, 9.17) is 22.1 Å². The van der Waals surface area contributed by atoms with Gasteiger partial charge >= 0.3 is 0 Å². The van der Waals surface area contributed by atoms with Crippen LogP contribution in [-0.4, -0.2) is 35.3 Å². The Balaban J connectivity index is 2.05. The van der Waals surface area contributed by atoms with Gasteiger partial charge in [-0.3, -0.25) is 9.48 Å². The zero-order chi connectivity index (χ0) is 13.1. The molecule has 1 unspecified atom stereocenters. The summed E-state index contributed by atoms with van der Waals surface area (Å²) < 4.78 is 6.57. The molecule has 0 aromatic carbocycles. The molecule has 18 heavy (non-hydrogen) atoms. The molecule has 2 rings (SSSR count). The van der Waals surface area contributed by atoms with Gasteiger partial charge in [0, 0.05) is 19.6 Å². The molecule has 1 aliphatic rings. The number of aromatic nitrogens is 2. The van der Waals surface area contributed by atoms with Crippen LogP contribution in [0.1, 0.15) is 29.8 Å². The van der Waals surface area contributed by atoms with Crippen LogP contribution in [0.4, 0.5) is 0 Å². The number of carbonyl (C=O) groups excluding carboxylic acids is 1. The standard InChI is InChI=1S/C12H18ClN3O2/c1-18-5-4-16-12(9(13)7-15-16)11(17)6-10(14)8-2-3-8/h7-8,10H,2-6,14H2,1H3. The third-order valence-corrected chi connectivity index (χ3v) is 3.49. The lowest BCUT2D eigenvalue weighted by Crippen LogP contribution is -2.27. The SMILES string of the molecule is COCCn1ncc(Cl)c1C(=O)CC(N)C1CC1. The van der Waals surface area contributed by atoms with Crippen LogP contribution >= 0.6 is 11.6 Å². The van der Waals surface area contributed by atoms with Gasteiger partial charge in [0.2, 0.25) is 0 Å². The van der Waals surface area contributed by atoms with Crippen molar-refractivity contribution in [3.8, 4) is 0 Å². The maximum absolute atomic E-state index is 12.2. The Morgan fingerprint density at radius 3 is 3.06 bits per heavy atom. The predicted octanol–water partition coefficient (Wildman–Crippen LogP) is 1.49. The van der Waals surface area contributed by atoms with E-state index in [-0.39, 0.29) is 11.8 Å². The molecule has 1 atom stereocenters. The van der Waals surface area contributed by atoms with Gasteiger partial charge in [0.05, 0.1) is 24.4 Å². The summed E-state index contributed by atoms with van der Waals surface area (Å²) in [4.78, 5) is 12.2. The topological polar surface area (TPSA) is 70.1 Å². The first-order valence-electron chi connectivity index (χ1n) is 6.12. The lowest BCUT2D eigenvalue weighted by atomic mass is 10.1. The molecule has 1 aromatic rings. The summed E-state index contributed by atoms with van der Waals surface area (Å²) in [5.74, 6) is 0.469. The van der Waals surface area contributed by atoms with E-state index in [1.807, 2.05) is 0 Å². The van der Waals surface area contributed by atoms with Crippen LogP contribution in [0.5, 0.6) is 0 Å². The summed E-state index contributed by atoms with van der Waals surface area (Å²) in [6, 6.07) is -0.0562. The molecule has 1 heterocycles. The van der Waals surface area contributed by atoms with Gasteiger partial charge in [-0.15, -0.1) is 0 Å². The molecule has 1 saturated carbocycles. The van der Waals surface area contributed by atoms with Crippen molar-refractivity contribution in [2.24, 2.45) is 11.7 Å². The van der Waals surface area contributed by atoms with Gasteiger partial charge in [-0.25, -0.2) is 0 Å². The number of rotatable bonds is 7. The summed E-state index contributed by atoms with van der Waals surface area (Å²) in [7, 11) is 1.61. The average Bonchev–Trinajstić information content (AvgIpc) is 3.11. The number of hydrogen-bond acceptors (Lipinski definition) is 4. The third kappa shape index (κ3) is 3.10. The minimum Gasteiger partial charge on any atom is -0.383 e. The van der Waals surface area contributed by atoms with Crippen LogP contribution in [-0.2, 0) is 11.3 Å². The normalized spacial score (nSPS) is 16.8. The summed E-state index contributed by atoms with van der Waals surface area (Å²) in [5, 5.41) is 4.47. The number of hydrogen-bond donors (Lipinski definition) is 1. The molecule has 0 amide bonds. The molecule has 6 heteroatoms. The second kappa shape index (κ2) is 5.82. The van der Waals surface area contributed by atoms with Crippen molar-refractivity contribution in [2.45, 2.75) is 31.8 Å². The molecule has 0 aliphatic heterocycles. The minimum absolute atomic E-state index is 0.0343. The van der Waals surface area contributed by atoms with Gasteiger partial charge in [0.25, 0.3) is 0 Å². The fourth-order valence-corrected chi connectivity index (χ4v) is 2.24. The molecule has 1 aromatic heterocycles. The fraction of sp³-hybridized carbons (Fsp3) is 0.667. The van der Waals surface area contributed by atoms with Crippen LogP contribution in [0.15, 0.2) is 6.20 Å². The molecule has 5 nitrogen and oxygen atoms in total. The molecule has 2 N–H and O–H groups in total. The number of nitrogens with two attached hydrogens (primary N) is 1. The Labute approximate surface area is 111 Å². The number of methoxy groups -OCH3 is 1. The zero-order valence-corrected chi connectivity index (χ0v) is 11.2. The molecule has 0 saturated heterocycles. The van der Waals surface area contributed by atoms with E-state index >= 15 is 0 Å². The highest BCUT2D eigenvalue weighted by Crippen LogP contribution is 2.33. The molecule has 1 fully saturated rings. The molecular formula is C12H18ClN3O2. The van der Waals surface area contributed by atoms with Gasteiger partial charge in [0.15, 0.2) is 5.78 Å². The van der Waals surface area contributed by atoms with Crippen molar-refractivity contribution in [1.82, 2.24) is 9.78 Å². The van der Waals surface area contributed by atoms with Crippen molar-refractivity contribution in [2.75, 3.05) is 13.7 Å². The summed E-state index contributed by atoms with van der Waals surface area (Å²) >= 11 is 6.01. The van der Waals surface area contributed by atoms with Gasteiger partial charge in [-0.2, -0.15) is 5.10 Å². The minimum atomic E-state index is -0.0562. The number of ether oxygens (including phenoxy) is 1. The van der Waals surface area contributed by atoms with Crippen molar-refractivity contribution in [3.63, 3.8) is 0 Å². The predicted molar refractivity (Wildman–Crippen MR) is 68.8 cm³/mol. The van der Waals surface area contributed by atoms with Crippen LogP contribution in [0.3, 0.4) is 0 Å². The molecule has 0 spiro atoms. The highest BCUT2D eigenvalue weighted by molar-refractivity contribution is 6.33. The zero-order valence-electron chi connectivity index (χ0n) is 10.4. The highest BCUT2D eigenvalue weighted by atomic mass is 35.5. The number of halogens is 1. The lowest BCUT2D eigenvalue weighted by Gasteiger charge is -2.11. The number of nitrogens with zero attached hydrogens (tertiary/aromatic N) is 2.